The fourth-order valence-corrected chi connectivity index (χ4v) is 3.30. The quantitative estimate of drug-likeness (QED) is 0.562. The SMILES string of the molecule is CCCCCc1ccc(C2=Cc3cc(F)cc(F)c3CC2)c(F)c1. The molecule has 1 aliphatic rings. The Bertz CT molecular complexity index is 775. The average molecular weight is 330 g/mol. The monoisotopic (exact) mass is 330 g/mol. The topological polar surface area (TPSA) is 0 Å². The maximum atomic E-state index is 14.5. The van der Waals surface area contributed by atoms with E-state index in [1.165, 1.54) is 6.07 Å². The molecule has 0 N–H and O–H groups in total. The molecule has 0 spiro atoms. The summed E-state index contributed by atoms with van der Waals surface area (Å²) < 4.78 is 41.7. The van der Waals surface area contributed by atoms with Crippen molar-refractivity contribution < 1.29 is 13.2 Å². The molecule has 0 unspecified atom stereocenters. The molecule has 2 aromatic carbocycles. The van der Waals surface area contributed by atoms with Crippen LogP contribution in [0, 0.1) is 17.5 Å². The lowest BCUT2D eigenvalue weighted by Gasteiger charge is -2.18. The number of hydrogen-bond acceptors (Lipinski definition) is 0. The molecule has 0 bridgehead atoms. The van der Waals surface area contributed by atoms with Gasteiger partial charge in [0.15, 0.2) is 0 Å². The smallest absolute Gasteiger partial charge is 0.130 e. The van der Waals surface area contributed by atoms with Gasteiger partial charge in [0.2, 0.25) is 0 Å². The Morgan fingerprint density at radius 2 is 1.75 bits per heavy atom. The van der Waals surface area contributed by atoms with Crippen molar-refractivity contribution in [3.05, 3.63) is 70.0 Å². The predicted molar refractivity (Wildman–Crippen MR) is 92.2 cm³/mol. The highest BCUT2D eigenvalue weighted by molar-refractivity contribution is 5.84. The summed E-state index contributed by atoms with van der Waals surface area (Å²) >= 11 is 0. The number of unbranched alkanes of at least 4 members (excludes halogenated alkanes) is 2. The van der Waals surface area contributed by atoms with Crippen LogP contribution in [0.15, 0.2) is 30.3 Å². The number of rotatable bonds is 5. The van der Waals surface area contributed by atoms with Gasteiger partial charge < -0.3 is 0 Å². The molecule has 24 heavy (non-hydrogen) atoms. The molecule has 0 aromatic heterocycles. The highest BCUT2D eigenvalue weighted by Crippen LogP contribution is 2.33. The van der Waals surface area contributed by atoms with Gasteiger partial charge in [0, 0.05) is 11.6 Å². The minimum atomic E-state index is -0.601. The summed E-state index contributed by atoms with van der Waals surface area (Å²) in [6.45, 7) is 2.14. The van der Waals surface area contributed by atoms with E-state index in [-0.39, 0.29) is 5.82 Å². The molecule has 0 nitrogen and oxygen atoms in total. The highest BCUT2D eigenvalue weighted by Gasteiger charge is 2.18. The van der Waals surface area contributed by atoms with Crippen molar-refractivity contribution in [2.45, 2.75) is 45.4 Å². The van der Waals surface area contributed by atoms with Gasteiger partial charge in [-0.2, -0.15) is 0 Å². The van der Waals surface area contributed by atoms with Crippen LogP contribution in [0.25, 0.3) is 11.6 Å². The summed E-state index contributed by atoms with van der Waals surface area (Å²) in [5.74, 6) is -1.38. The van der Waals surface area contributed by atoms with Crippen molar-refractivity contribution in [3.63, 3.8) is 0 Å². The lowest BCUT2D eigenvalue weighted by atomic mass is 9.87. The van der Waals surface area contributed by atoms with E-state index in [1.807, 2.05) is 6.07 Å². The highest BCUT2D eigenvalue weighted by atomic mass is 19.1. The first-order chi connectivity index (χ1) is 11.6. The first kappa shape index (κ1) is 16.8. The van der Waals surface area contributed by atoms with E-state index in [9.17, 15) is 13.2 Å². The summed E-state index contributed by atoms with van der Waals surface area (Å²) in [7, 11) is 0. The van der Waals surface area contributed by atoms with Gasteiger partial charge in [-0.05, 0) is 60.1 Å². The zero-order valence-electron chi connectivity index (χ0n) is 13.8. The standard InChI is InChI=1S/C21H21F3/c1-2-3-4-5-14-6-8-18(20(23)10-14)15-7-9-19-16(11-15)12-17(22)13-21(19)24/h6,8,10-13H,2-5,7,9H2,1H3. The Kier molecular flexibility index (Phi) is 5.08. The van der Waals surface area contributed by atoms with Gasteiger partial charge in [0.1, 0.15) is 17.5 Å². The van der Waals surface area contributed by atoms with Crippen LogP contribution >= 0.6 is 0 Å². The average Bonchev–Trinajstić information content (AvgIpc) is 2.54. The van der Waals surface area contributed by atoms with Crippen LogP contribution < -0.4 is 0 Å². The third-order valence-corrected chi connectivity index (χ3v) is 4.62. The zero-order chi connectivity index (χ0) is 17.1. The second kappa shape index (κ2) is 7.25. The molecule has 3 heteroatoms. The molecule has 0 radical (unpaired) electrons. The minimum Gasteiger partial charge on any atom is -0.207 e. The van der Waals surface area contributed by atoms with E-state index in [1.54, 1.807) is 18.2 Å². The lowest BCUT2D eigenvalue weighted by Crippen LogP contribution is -2.04. The van der Waals surface area contributed by atoms with Crippen molar-refractivity contribution in [2.75, 3.05) is 0 Å². The van der Waals surface area contributed by atoms with E-state index < -0.39 is 11.6 Å². The number of hydrogen-bond donors (Lipinski definition) is 0. The number of halogens is 3. The maximum absolute atomic E-state index is 14.5. The molecule has 0 fully saturated rings. The molecular formula is C21H21F3. The molecule has 0 heterocycles. The first-order valence-electron chi connectivity index (χ1n) is 8.55. The third-order valence-electron chi connectivity index (χ3n) is 4.62. The van der Waals surface area contributed by atoms with E-state index >= 15 is 0 Å². The summed E-state index contributed by atoms with van der Waals surface area (Å²) in [5, 5.41) is 0. The number of allylic oxidation sites excluding steroid dienone is 1. The van der Waals surface area contributed by atoms with Crippen molar-refractivity contribution >= 4 is 11.6 Å². The van der Waals surface area contributed by atoms with Crippen molar-refractivity contribution in [3.8, 4) is 0 Å². The molecule has 0 saturated carbocycles. The fraction of sp³-hybridized carbons (Fsp3) is 0.333. The second-order valence-corrected chi connectivity index (χ2v) is 6.40. The predicted octanol–water partition coefficient (Wildman–Crippen LogP) is 6.32. The maximum Gasteiger partial charge on any atom is 0.130 e. The van der Waals surface area contributed by atoms with Crippen molar-refractivity contribution in [2.24, 2.45) is 0 Å². The molecule has 0 atom stereocenters. The molecule has 0 aliphatic heterocycles. The largest absolute Gasteiger partial charge is 0.207 e. The molecule has 0 saturated heterocycles. The van der Waals surface area contributed by atoms with Crippen LogP contribution in [0.2, 0.25) is 0 Å². The first-order valence-corrected chi connectivity index (χ1v) is 8.55. The summed E-state index contributed by atoms with van der Waals surface area (Å²) in [4.78, 5) is 0. The van der Waals surface area contributed by atoms with Crippen LogP contribution in [0.1, 0.15) is 54.9 Å². The Morgan fingerprint density at radius 1 is 0.917 bits per heavy atom. The van der Waals surface area contributed by atoms with Crippen molar-refractivity contribution in [1.29, 1.82) is 0 Å². The normalized spacial score (nSPS) is 13.6. The Hall–Kier alpha value is -2.03. The minimum absolute atomic E-state index is 0.254. The Balaban J connectivity index is 1.88. The Labute approximate surface area is 141 Å². The number of benzene rings is 2. The van der Waals surface area contributed by atoms with E-state index in [0.717, 1.165) is 42.9 Å². The van der Waals surface area contributed by atoms with E-state index in [0.29, 0.717) is 29.5 Å². The van der Waals surface area contributed by atoms with Gasteiger partial charge in [-0.15, -0.1) is 0 Å². The van der Waals surface area contributed by atoms with Crippen LogP contribution in [-0.2, 0) is 12.8 Å². The van der Waals surface area contributed by atoms with E-state index in [4.69, 9.17) is 0 Å². The van der Waals surface area contributed by atoms with Crippen LogP contribution in [-0.4, -0.2) is 0 Å². The van der Waals surface area contributed by atoms with Gasteiger partial charge in [-0.1, -0.05) is 38.0 Å². The molecule has 3 rings (SSSR count). The number of fused-ring (bicyclic) bond motifs is 1. The summed E-state index contributed by atoms with van der Waals surface area (Å²) in [6, 6.07) is 7.56. The van der Waals surface area contributed by atoms with Crippen LogP contribution in [0.4, 0.5) is 13.2 Å². The zero-order valence-corrected chi connectivity index (χ0v) is 13.8. The fourth-order valence-electron chi connectivity index (χ4n) is 3.30. The molecular weight excluding hydrogens is 309 g/mol. The van der Waals surface area contributed by atoms with Gasteiger partial charge in [0.05, 0.1) is 0 Å². The Morgan fingerprint density at radius 3 is 2.50 bits per heavy atom. The van der Waals surface area contributed by atoms with Gasteiger partial charge in [-0.3, -0.25) is 0 Å². The molecule has 1 aliphatic carbocycles. The second-order valence-electron chi connectivity index (χ2n) is 6.40. The van der Waals surface area contributed by atoms with Crippen LogP contribution in [0.3, 0.4) is 0 Å². The van der Waals surface area contributed by atoms with Gasteiger partial charge in [-0.25, -0.2) is 13.2 Å². The summed E-state index contributed by atoms with van der Waals surface area (Å²) in [5.41, 5.74) is 3.35. The summed E-state index contributed by atoms with van der Waals surface area (Å²) in [6.07, 6.45) is 6.95. The molecule has 126 valence electrons. The van der Waals surface area contributed by atoms with E-state index in [2.05, 4.69) is 6.92 Å². The number of aryl methyl sites for hydroxylation is 1. The third kappa shape index (κ3) is 3.55. The van der Waals surface area contributed by atoms with Gasteiger partial charge in [0.25, 0.3) is 0 Å². The van der Waals surface area contributed by atoms with Crippen molar-refractivity contribution in [1.82, 2.24) is 0 Å². The van der Waals surface area contributed by atoms with Crippen LogP contribution in [0.5, 0.6) is 0 Å². The van der Waals surface area contributed by atoms with Gasteiger partial charge >= 0.3 is 0 Å². The molecule has 2 aromatic rings. The molecule has 0 amide bonds. The lowest BCUT2D eigenvalue weighted by molar-refractivity contribution is 0.570.